The Labute approximate surface area is 144 Å². The van der Waals surface area contributed by atoms with Crippen LogP contribution in [0.3, 0.4) is 0 Å². The lowest BCUT2D eigenvalue weighted by Gasteiger charge is -2.19. The van der Waals surface area contributed by atoms with Gasteiger partial charge in [0.15, 0.2) is 5.78 Å². The largest absolute Gasteiger partial charge is 0.395 e. The third-order valence-corrected chi connectivity index (χ3v) is 4.13. The van der Waals surface area contributed by atoms with Crippen LogP contribution in [0.4, 0.5) is 11.4 Å². The highest BCUT2D eigenvalue weighted by Crippen LogP contribution is 2.19. The lowest BCUT2D eigenvalue weighted by atomic mass is 10.0. The minimum Gasteiger partial charge on any atom is -0.395 e. The van der Waals surface area contributed by atoms with Crippen molar-refractivity contribution in [3.05, 3.63) is 59.7 Å². The predicted octanol–water partition coefficient (Wildman–Crippen LogP) is 3.19. The van der Waals surface area contributed by atoms with E-state index in [4.69, 9.17) is 5.11 Å². The number of benzene rings is 2. The number of aliphatic hydroxyl groups is 1. The van der Waals surface area contributed by atoms with Gasteiger partial charge in [-0.1, -0.05) is 6.92 Å². The fourth-order valence-corrected chi connectivity index (χ4v) is 2.64. The Morgan fingerprint density at radius 3 is 1.62 bits per heavy atom. The molecule has 0 atom stereocenters. The minimum absolute atomic E-state index is 0.0241. The summed E-state index contributed by atoms with van der Waals surface area (Å²) >= 11 is 0. The highest BCUT2D eigenvalue weighted by Gasteiger charge is 2.10. The van der Waals surface area contributed by atoms with Gasteiger partial charge in [-0.05, 0) is 55.0 Å². The van der Waals surface area contributed by atoms with Gasteiger partial charge >= 0.3 is 0 Å². The summed E-state index contributed by atoms with van der Waals surface area (Å²) in [5.74, 6) is 0.0241. The first-order valence-electron chi connectivity index (χ1n) is 8.34. The van der Waals surface area contributed by atoms with Crippen molar-refractivity contribution < 1.29 is 9.90 Å². The van der Waals surface area contributed by atoms with Crippen LogP contribution in [0.5, 0.6) is 0 Å². The standard InChI is InChI=1S/C20H26N2O2/c1-4-13-21(2)18-9-5-16(6-10-18)20(24)17-7-11-19(12-8-17)22(3)14-15-23/h5-12,23H,4,13-15H2,1-3H3. The molecule has 0 amide bonds. The summed E-state index contributed by atoms with van der Waals surface area (Å²) in [5.41, 5.74) is 3.47. The van der Waals surface area contributed by atoms with Crippen LogP contribution >= 0.6 is 0 Å². The maximum absolute atomic E-state index is 12.6. The summed E-state index contributed by atoms with van der Waals surface area (Å²) in [7, 11) is 3.97. The number of nitrogens with zero attached hydrogens (tertiary/aromatic N) is 2. The first-order chi connectivity index (χ1) is 11.6. The van der Waals surface area contributed by atoms with E-state index >= 15 is 0 Å². The van der Waals surface area contributed by atoms with Crippen molar-refractivity contribution in [1.29, 1.82) is 0 Å². The minimum atomic E-state index is 0.0241. The quantitative estimate of drug-likeness (QED) is 0.757. The van der Waals surface area contributed by atoms with Gasteiger partial charge in [0, 0.05) is 49.7 Å². The SMILES string of the molecule is CCCN(C)c1ccc(C(=O)c2ccc(N(C)CCO)cc2)cc1. The Morgan fingerprint density at radius 1 is 0.833 bits per heavy atom. The van der Waals surface area contributed by atoms with Gasteiger partial charge in [0.05, 0.1) is 6.61 Å². The molecule has 0 fully saturated rings. The highest BCUT2D eigenvalue weighted by molar-refractivity contribution is 6.09. The molecule has 0 unspecified atom stereocenters. The number of carbonyl (C=O) groups excluding carboxylic acids is 1. The topological polar surface area (TPSA) is 43.8 Å². The average molecular weight is 326 g/mol. The molecule has 24 heavy (non-hydrogen) atoms. The Kier molecular flexibility index (Phi) is 6.38. The third-order valence-electron chi connectivity index (χ3n) is 4.13. The van der Waals surface area contributed by atoms with E-state index in [2.05, 4.69) is 18.9 Å². The normalized spacial score (nSPS) is 10.5. The number of rotatable bonds is 8. The highest BCUT2D eigenvalue weighted by atomic mass is 16.3. The maximum atomic E-state index is 12.6. The number of hydrogen-bond donors (Lipinski definition) is 1. The zero-order valence-electron chi connectivity index (χ0n) is 14.7. The molecule has 128 valence electrons. The number of carbonyl (C=O) groups is 1. The van der Waals surface area contributed by atoms with Crippen LogP contribution in [0.1, 0.15) is 29.3 Å². The first kappa shape index (κ1) is 18.0. The second-order valence-electron chi connectivity index (χ2n) is 5.99. The van der Waals surface area contributed by atoms with Crippen LogP contribution in [0, 0.1) is 0 Å². The summed E-state index contributed by atoms with van der Waals surface area (Å²) < 4.78 is 0. The lowest BCUT2D eigenvalue weighted by molar-refractivity contribution is 0.103. The zero-order valence-corrected chi connectivity index (χ0v) is 14.7. The lowest BCUT2D eigenvalue weighted by Crippen LogP contribution is -2.21. The van der Waals surface area contributed by atoms with E-state index in [0.717, 1.165) is 24.3 Å². The van der Waals surface area contributed by atoms with E-state index in [1.807, 2.05) is 60.5 Å². The number of anilines is 2. The maximum Gasteiger partial charge on any atom is 0.193 e. The molecule has 0 aliphatic rings. The van der Waals surface area contributed by atoms with Crippen LogP contribution in [-0.2, 0) is 0 Å². The van der Waals surface area contributed by atoms with Crippen molar-refractivity contribution in [2.75, 3.05) is 43.6 Å². The van der Waals surface area contributed by atoms with E-state index in [0.29, 0.717) is 17.7 Å². The van der Waals surface area contributed by atoms with Gasteiger partial charge in [-0.3, -0.25) is 4.79 Å². The van der Waals surface area contributed by atoms with Crippen molar-refractivity contribution in [1.82, 2.24) is 0 Å². The Hall–Kier alpha value is -2.33. The predicted molar refractivity (Wildman–Crippen MR) is 100 cm³/mol. The van der Waals surface area contributed by atoms with Crippen molar-refractivity contribution in [3.63, 3.8) is 0 Å². The fourth-order valence-electron chi connectivity index (χ4n) is 2.64. The molecule has 0 aliphatic heterocycles. The number of ketones is 1. The monoisotopic (exact) mass is 326 g/mol. The van der Waals surface area contributed by atoms with E-state index in [1.54, 1.807) is 0 Å². The van der Waals surface area contributed by atoms with Gasteiger partial charge in [-0.15, -0.1) is 0 Å². The van der Waals surface area contributed by atoms with Crippen molar-refractivity contribution in [2.45, 2.75) is 13.3 Å². The average Bonchev–Trinajstić information content (AvgIpc) is 2.62. The molecule has 0 saturated carbocycles. The van der Waals surface area contributed by atoms with Gasteiger partial charge in [0.2, 0.25) is 0 Å². The third kappa shape index (κ3) is 4.36. The second kappa shape index (κ2) is 8.50. The first-order valence-corrected chi connectivity index (χ1v) is 8.34. The fraction of sp³-hybridized carbons (Fsp3) is 0.350. The van der Waals surface area contributed by atoms with Crippen LogP contribution in [-0.4, -0.2) is 44.7 Å². The van der Waals surface area contributed by atoms with E-state index in [9.17, 15) is 4.79 Å². The summed E-state index contributed by atoms with van der Waals surface area (Å²) in [6.45, 7) is 3.82. The van der Waals surface area contributed by atoms with Crippen molar-refractivity contribution in [2.24, 2.45) is 0 Å². The molecule has 0 bridgehead atoms. The van der Waals surface area contributed by atoms with Gasteiger partial charge in [0.1, 0.15) is 0 Å². The van der Waals surface area contributed by atoms with Gasteiger partial charge in [-0.25, -0.2) is 0 Å². The summed E-state index contributed by atoms with van der Waals surface area (Å²) in [5, 5.41) is 8.99. The number of likely N-dealkylation sites (N-methyl/N-ethyl adjacent to an activating group) is 1. The Morgan fingerprint density at radius 2 is 1.25 bits per heavy atom. The summed E-state index contributed by atoms with van der Waals surface area (Å²) in [6, 6.07) is 15.2. The van der Waals surface area contributed by atoms with Gasteiger partial charge < -0.3 is 14.9 Å². The molecule has 2 aromatic carbocycles. The van der Waals surface area contributed by atoms with Crippen LogP contribution in [0.2, 0.25) is 0 Å². The molecule has 0 saturated heterocycles. The molecule has 0 radical (unpaired) electrons. The van der Waals surface area contributed by atoms with Crippen molar-refractivity contribution >= 4 is 17.2 Å². The molecule has 4 heteroatoms. The molecule has 2 aromatic rings. The number of hydrogen-bond acceptors (Lipinski definition) is 4. The molecule has 0 heterocycles. The zero-order chi connectivity index (χ0) is 17.5. The Balaban J connectivity index is 2.11. The molecule has 2 rings (SSSR count). The van der Waals surface area contributed by atoms with E-state index in [-0.39, 0.29) is 12.4 Å². The summed E-state index contributed by atoms with van der Waals surface area (Å²) in [4.78, 5) is 16.7. The second-order valence-corrected chi connectivity index (χ2v) is 5.99. The van der Waals surface area contributed by atoms with Crippen LogP contribution in [0.25, 0.3) is 0 Å². The number of aliphatic hydroxyl groups excluding tert-OH is 1. The molecular formula is C20H26N2O2. The molecule has 0 aromatic heterocycles. The Bertz CT molecular complexity index is 593. The molecule has 0 aliphatic carbocycles. The molecule has 4 nitrogen and oxygen atoms in total. The smallest absolute Gasteiger partial charge is 0.193 e. The molecule has 0 spiro atoms. The van der Waals surface area contributed by atoms with Crippen LogP contribution in [0.15, 0.2) is 48.5 Å². The summed E-state index contributed by atoms with van der Waals surface area (Å²) in [6.07, 6.45) is 1.09. The van der Waals surface area contributed by atoms with E-state index in [1.165, 1.54) is 0 Å². The molecule has 1 N–H and O–H groups in total. The van der Waals surface area contributed by atoms with Crippen LogP contribution < -0.4 is 9.80 Å². The van der Waals surface area contributed by atoms with Gasteiger partial charge in [0.25, 0.3) is 0 Å². The van der Waals surface area contributed by atoms with Crippen molar-refractivity contribution in [3.8, 4) is 0 Å². The van der Waals surface area contributed by atoms with Gasteiger partial charge in [-0.2, -0.15) is 0 Å². The van der Waals surface area contributed by atoms with E-state index < -0.39 is 0 Å². The molecular weight excluding hydrogens is 300 g/mol.